The fourth-order valence-electron chi connectivity index (χ4n) is 1.79. The van der Waals surface area contributed by atoms with Crippen molar-refractivity contribution in [2.75, 3.05) is 11.8 Å². The fourth-order valence-corrected chi connectivity index (χ4v) is 2.93. The van der Waals surface area contributed by atoms with Gasteiger partial charge in [0.15, 0.2) is 0 Å². The van der Waals surface area contributed by atoms with Crippen LogP contribution in [-0.4, -0.2) is 21.5 Å². The largest absolute Gasteiger partial charge is 0.465 e. The Kier molecular flexibility index (Phi) is 4.46. The minimum absolute atomic E-state index is 0.0385. The number of anilines is 1. The van der Waals surface area contributed by atoms with E-state index in [0.717, 1.165) is 6.07 Å². The second-order valence-corrected chi connectivity index (χ2v) is 6.27. The summed E-state index contributed by atoms with van der Waals surface area (Å²) in [4.78, 5) is 11.3. The summed E-state index contributed by atoms with van der Waals surface area (Å²) in [5.74, 6) is -0.982. The molecule has 0 fully saturated rings. The van der Waals surface area contributed by atoms with Crippen LogP contribution in [0.2, 0.25) is 0 Å². The monoisotopic (exact) mass is 323 g/mol. The van der Waals surface area contributed by atoms with Crippen LogP contribution in [-0.2, 0) is 14.8 Å². The summed E-state index contributed by atoms with van der Waals surface area (Å²) in [6.45, 7) is 1.49. The number of rotatable bonds is 4. The van der Waals surface area contributed by atoms with Gasteiger partial charge >= 0.3 is 5.97 Å². The first kappa shape index (κ1) is 16.0. The number of hydrogen-bond acceptors (Lipinski definition) is 4. The van der Waals surface area contributed by atoms with Crippen LogP contribution in [0.25, 0.3) is 0 Å². The van der Waals surface area contributed by atoms with E-state index in [-0.39, 0.29) is 16.1 Å². The molecule has 0 saturated heterocycles. The van der Waals surface area contributed by atoms with Crippen molar-refractivity contribution in [3.8, 4) is 0 Å². The van der Waals surface area contributed by atoms with E-state index in [0.29, 0.717) is 5.56 Å². The number of aryl methyl sites for hydroxylation is 1. The summed E-state index contributed by atoms with van der Waals surface area (Å²) in [6.07, 6.45) is 0. The molecule has 5 nitrogen and oxygen atoms in total. The van der Waals surface area contributed by atoms with Crippen LogP contribution in [0.15, 0.2) is 47.4 Å². The number of nitrogens with one attached hydrogen (secondary N) is 1. The molecule has 1 N–H and O–H groups in total. The van der Waals surface area contributed by atoms with Gasteiger partial charge in [-0.05, 0) is 55.0 Å². The van der Waals surface area contributed by atoms with Crippen LogP contribution >= 0.6 is 0 Å². The molecule has 0 spiro atoms. The third-order valence-corrected chi connectivity index (χ3v) is 4.38. The first-order chi connectivity index (χ1) is 10.3. The zero-order chi connectivity index (χ0) is 16.3. The molecule has 2 rings (SSSR count). The van der Waals surface area contributed by atoms with Crippen molar-refractivity contribution in [2.24, 2.45) is 0 Å². The van der Waals surface area contributed by atoms with Crippen LogP contribution in [0.5, 0.6) is 0 Å². The normalized spacial score (nSPS) is 11.0. The number of halogens is 1. The lowest BCUT2D eigenvalue weighted by Crippen LogP contribution is -2.13. The number of hydrogen-bond donors (Lipinski definition) is 1. The lowest BCUT2D eigenvalue weighted by Gasteiger charge is -2.09. The van der Waals surface area contributed by atoms with Gasteiger partial charge in [0.2, 0.25) is 0 Å². The maximum absolute atomic E-state index is 13.2. The molecule has 2 aromatic carbocycles. The van der Waals surface area contributed by atoms with Gasteiger partial charge in [-0.25, -0.2) is 17.6 Å². The number of carbonyl (C=O) groups is 1. The van der Waals surface area contributed by atoms with Crippen molar-refractivity contribution in [2.45, 2.75) is 11.8 Å². The van der Waals surface area contributed by atoms with Crippen LogP contribution in [0.1, 0.15) is 15.9 Å². The highest BCUT2D eigenvalue weighted by atomic mass is 32.2. The van der Waals surface area contributed by atoms with Gasteiger partial charge in [0, 0.05) is 5.69 Å². The van der Waals surface area contributed by atoms with E-state index >= 15 is 0 Å². The minimum Gasteiger partial charge on any atom is -0.465 e. The summed E-state index contributed by atoms with van der Waals surface area (Å²) in [7, 11) is -2.56. The third kappa shape index (κ3) is 3.43. The molecular formula is C15H14FNO4S. The Labute approximate surface area is 127 Å². The molecular weight excluding hydrogens is 309 g/mol. The molecule has 22 heavy (non-hydrogen) atoms. The Hall–Kier alpha value is -2.41. The molecule has 0 amide bonds. The zero-order valence-corrected chi connectivity index (χ0v) is 12.8. The number of benzene rings is 2. The van der Waals surface area contributed by atoms with E-state index in [1.165, 1.54) is 50.4 Å². The minimum atomic E-state index is -3.82. The maximum Gasteiger partial charge on any atom is 0.337 e. The highest BCUT2D eigenvalue weighted by Gasteiger charge is 2.16. The lowest BCUT2D eigenvalue weighted by atomic mass is 10.2. The molecule has 0 atom stereocenters. The second kappa shape index (κ2) is 6.15. The number of sulfonamides is 1. The topological polar surface area (TPSA) is 72.5 Å². The van der Waals surface area contributed by atoms with Crippen LogP contribution in [0.3, 0.4) is 0 Å². The van der Waals surface area contributed by atoms with Crippen molar-refractivity contribution in [3.05, 3.63) is 59.4 Å². The van der Waals surface area contributed by atoms with Crippen molar-refractivity contribution < 1.29 is 22.3 Å². The Morgan fingerprint density at radius 3 is 2.32 bits per heavy atom. The van der Waals surface area contributed by atoms with E-state index < -0.39 is 21.8 Å². The average Bonchev–Trinajstić information content (AvgIpc) is 2.49. The smallest absolute Gasteiger partial charge is 0.337 e. The van der Waals surface area contributed by atoms with E-state index in [9.17, 15) is 17.6 Å². The molecule has 0 bridgehead atoms. The highest BCUT2D eigenvalue weighted by Crippen LogP contribution is 2.19. The van der Waals surface area contributed by atoms with Gasteiger partial charge in [0.05, 0.1) is 17.6 Å². The Morgan fingerprint density at radius 2 is 1.77 bits per heavy atom. The SMILES string of the molecule is COC(=O)c1ccc(NS(=O)(=O)c2ccc(F)c(C)c2)cc1. The number of ether oxygens (including phenoxy) is 1. The summed E-state index contributed by atoms with van der Waals surface area (Å²) in [5, 5.41) is 0. The van der Waals surface area contributed by atoms with Crippen LogP contribution in [0, 0.1) is 12.7 Å². The van der Waals surface area contributed by atoms with Crippen molar-refractivity contribution in [1.82, 2.24) is 0 Å². The van der Waals surface area contributed by atoms with Crippen molar-refractivity contribution in [1.29, 1.82) is 0 Å². The Bertz CT molecular complexity index is 801. The molecule has 0 aliphatic carbocycles. The molecule has 0 radical (unpaired) electrons. The molecule has 2 aromatic rings. The average molecular weight is 323 g/mol. The molecule has 0 aliphatic heterocycles. The summed E-state index contributed by atoms with van der Waals surface area (Å²) in [5.41, 5.74) is 0.835. The third-order valence-electron chi connectivity index (χ3n) is 3.00. The van der Waals surface area contributed by atoms with Gasteiger partial charge in [0.25, 0.3) is 10.0 Å². The van der Waals surface area contributed by atoms with Gasteiger partial charge in [-0.3, -0.25) is 4.72 Å². The first-order valence-corrected chi connectivity index (χ1v) is 7.79. The van der Waals surface area contributed by atoms with E-state index in [2.05, 4.69) is 9.46 Å². The maximum atomic E-state index is 13.2. The Balaban J connectivity index is 2.25. The van der Waals surface area contributed by atoms with Crippen LogP contribution < -0.4 is 4.72 Å². The molecule has 0 saturated carbocycles. The summed E-state index contributed by atoms with van der Waals surface area (Å²) in [6, 6.07) is 9.32. The Morgan fingerprint density at radius 1 is 1.14 bits per heavy atom. The van der Waals surface area contributed by atoms with Gasteiger partial charge in [-0.1, -0.05) is 0 Å². The van der Waals surface area contributed by atoms with E-state index in [4.69, 9.17) is 0 Å². The lowest BCUT2D eigenvalue weighted by molar-refractivity contribution is 0.0601. The molecule has 0 aliphatic rings. The first-order valence-electron chi connectivity index (χ1n) is 6.31. The fraction of sp³-hybridized carbons (Fsp3) is 0.133. The zero-order valence-electron chi connectivity index (χ0n) is 12.0. The molecule has 0 aromatic heterocycles. The quantitative estimate of drug-likeness (QED) is 0.878. The summed E-state index contributed by atoms with van der Waals surface area (Å²) < 4.78 is 44.6. The highest BCUT2D eigenvalue weighted by molar-refractivity contribution is 7.92. The standard InChI is InChI=1S/C15H14FNO4S/c1-10-9-13(7-8-14(10)16)22(19,20)17-12-5-3-11(4-6-12)15(18)21-2/h3-9,17H,1-2H3. The molecule has 0 heterocycles. The van der Waals surface area contributed by atoms with Gasteiger partial charge in [0.1, 0.15) is 5.82 Å². The van der Waals surface area contributed by atoms with E-state index in [1.54, 1.807) is 0 Å². The number of methoxy groups -OCH3 is 1. The second-order valence-electron chi connectivity index (χ2n) is 4.59. The number of esters is 1. The molecule has 116 valence electrons. The molecule has 0 unspecified atom stereocenters. The predicted molar refractivity (Wildman–Crippen MR) is 79.7 cm³/mol. The van der Waals surface area contributed by atoms with E-state index in [1.807, 2.05) is 0 Å². The van der Waals surface area contributed by atoms with Gasteiger partial charge in [-0.2, -0.15) is 0 Å². The number of carbonyl (C=O) groups excluding carboxylic acids is 1. The van der Waals surface area contributed by atoms with Gasteiger partial charge < -0.3 is 4.74 Å². The van der Waals surface area contributed by atoms with Crippen molar-refractivity contribution in [3.63, 3.8) is 0 Å². The van der Waals surface area contributed by atoms with Crippen molar-refractivity contribution >= 4 is 21.7 Å². The molecule has 7 heteroatoms. The van der Waals surface area contributed by atoms with Crippen LogP contribution in [0.4, 0.5) is 10.1 Å². The predicted octanol–water partition coefficient (Wildman–Crippen LogP) is 2.72. The summed E-state index contributed by atoms with van der Waals surface area (Å²) >= 11 is 0. The van der Waals surface area contributed by atoms with Gasteiger partial charge in [-0.15, -0.1) is 0 Å².